The molecular weight excluding hydrogens is 312 g/mol. The fraction of sp³-hybridized carbons (Fsp3) is 0.538. The molecule has 1 aromatic carbocycles. The molecule has 0 heterocycles. The van der Waals surface area contributed by atoms with Crippen LogP contribution < -0.4 is 0 Å². The zero-order valence-corrected chi connectivity index (χ0v) is 17.6. The number of rotatable bonds is 0. The molecule has 0 saturated heterocycles. The van der Waals surface area contributed by atoms with Crippen LogP contribution in [0, 0.1) is 16.7 Å². The summed E-state index contributed by atoms with van der Waals surface area (Å²) in [6, 6.07) is 8.67. The zero-order valence-electron chi connectivity index (χ0n) is 17.6. The number of hydrogen-bond acceptors (Lipinski definition) is 0. The topological polar surface area (TPSA) is 0 Å². The van der Waals surface area contributed by atoms with Crippen molar-refractivity contribution in [2.45, 2.75) is 73.1 Å². The Morgan fingerprint density at radius 1 is 0.731 bits per heavy atom. The van der Waals surface area contributed by atoms with Crippen LogP contribution in [0.4, 0.5) is 0 Å². The molecule has 26 heavy (non-hydrogen) atoms. The SMILES string of the molecule is CC(C)(C)C1C=CC2=C1CCCC2.CC(C)(C)C1C=Cc2ccccc21. The van der Waals surface area contributed by atoms with E-state index in [0.717, 1.165) is 5.92 Å². The van der Waals surface area contributed by atoms with Crippen LogP contribution in [-0.4, -0.2) is 0 Å². The molecule has 2 unspecified atom stereocenters. The molecule has 0 N–H and O–H groups in total. The van der Waals surface area contributed by atoms with Crippen molar-refractivity contribution in [1.82, 2.24) is 0 Å². The van der Waals surface area contributed by atoms with Gasteiger partial charge in [0.05, 0.1) is 0 Å². The summed E-state index contributed by atoms with van der Waals surface area (Å²) >= 11 is 0. The highest BCUT2D eigenvalue weighted by atomic mass is 14.4. The van der Waals surface area contributed by atoms with Crippen LogP contribution in [0.1, 0.15) is 84.3 Å². The van der Waals surface area contributed by atoms with Crippen molar-refractivity contribution in [3.8, 4) is 0 Å². The van der Waals surface area contributed by atoms with Gasteiger partial charge in [-0.3, -0.25) is 0 Å². The predicted octanol–water partition coefficient (Wildman–Crippen LogP) is 7.93. The third kappa shape index (κ3) is 4.05. The Hall–Kier alpha value is -1.56. The summed E-state index contributed by atoms with van der Waals surface area (Å²) in [4.78, 5) is 0. The van der Waals surface area contributed by atoms with Crippen molar-refractivity contribution in [1.29, 1.82) is 0 Å². The average Bonchev–Trinajstić information content (AvgIpc) is 3.19. The maximum absolute atomic E-state index is 2.43. The second kappa shape index (κ2) is 7.22. The smallest absolute Gasteiger partial charge is 0.00758 e. The minimum atomic E-state index is 0.336. The van der Waals surface area contributed by atoms with Gasteiger partial charge in [0.15, 0.2) is 0 Å². The molecule has 0 aliphatic heterocycles. The zero-order chi connectivity index (χ0) is 18.9. The summed E-state index contributed by atoms with van der Waals surface area (Å²) in [6.07, 6.45) is 14.9. The number of benzene rings is 1. The quantitative estimate of drug-likeness (QED) is 0.446. The van der Waals surface area contributed by atoms with Crippen molar-refractivity contribution in [2.75, 3.05) is 0 Å². The maximum atomic E-state index is 2.43. The van der Waals surface area contributed by atoms with E-state index in [9.17, 15) is 0 Å². The van der Waals surface area contributed by atoms with Crippen LogP contribution in [0.5, 0.6) is 0 Å². The third-order valence-electron chi connectivity index (χ3n) is 6.09. The average molecular weight is 349 g/mol. The largest absolute Gasteiger partial charge is 0.0765 e. The molecule has 4 rings (SSSR count). The highest BCUT2D eigenvalue weighted by molar-refractivity contribution is 5.62. The molecule has 0 saturated carbocycles. The first-order valence-corrected chi connectivity index (χ1v) is 10.3. The lowest BCUT2D eigenvalue weighted by molar-refractivity contribution is 0.323. The van der Waals surface area contributed by atoms with E-state index in [-0.39, 0.29) is 0 Å². The van der Waals surface area contributed by atoms with Crippen molar-refractivity contribution in [2.24, 2.45) is 16.7 Å². The fourth-order valence-electron chi connectivity index (χ4n) is 4.64. The first-order valence-electron chi connectivity index (χ1n) is 10.3. The van der Waals surface area contributed by atoms with Crippen LogP contribution in [0.25, 0.3) is 6.08 Å². The van der Waals surface area contributed by atoms with Crippen LogP contribution in [-0.2, 0) is 0 Å². The van der Waals surface area contributed by atoms with E-state index in [4.69, 9.17) is 0 Å². The van der Waals surface area contributed by atoms with Crippen molar-refractivity contribution < 1.29 is 0 Å². The number of fused-ring (bicyclic) bond motifs is 1. The van der Waals surface area contributed by atoms with Gasteiger partial charge in [-0.1, -0.05) is 95.7 Å². The van der Waals surface area contributed by atoms with E-state index >= 15 is 0 Å². The van der Waals surface area contributed by atoms with E-state index < -0.39 is 0 Å². The third-order valence-corrected chi connectivity index (χ3v) is 6.09. The fourth-order valence-corrected chi connectivity index (χ4v) is 4.64. The second-order valence-corrected chi connectivity index (χ2v) is 10.3. The molecule has 0 spiro atoms. The first-order chi connectivity index (χ1) is 12.2. The standard InChI is InChI=1S/C13H20.C13H16/c2*1-13(2,3)12-9-8-10-6-4-5-7-11(10)12/h8-9,12H,4-7H2,1-3H3;4-9,12H,1-3H3. The molecule has 2 atom stereocenters. The Morgan fingerprint density at radius 3 is 2.04 bits per heavy atom. The lowest BCUT2D eigenvalue weighted by Crippen LogP contribution is -2.20. The van der Waals surface area contributed by atoms with Gasteiger partial charge in [-0.25, -0.2) is 0 Å². The van der Waals surface area contributed by atoms with Crippen molar-refractivity contribution >= 4 is 6.08 Å². The van der Waals surface area contributed by atoms with Crippen molar-refractivity contribution in [3.63, 3.8) is 0 Å². The molecule has 1 aromatic rings. The Labute approximate surface area is 161 Å². The monoisotopic (exact) mass is 348 g/mol. The minimum absolute atomic E-state index is 0.336. The van der Waals surface area contributed by atoms with Crippen molar-refractivity contribution in [3.05, 3.63) is 64.8 Å². The Morgan fingerprint density at radius 2 is 1.35 bits per heavy atom. The highest BCUT2D eigenvalue weighted by Gasteiger charge is 2.31. The Kier molecular flexibility index (Phi) is 5.33. The summed E-state index contributed by atoms with van der Waals surface area (Å²) in [5.74, 6) is 1.31. The summed E-state index contributed by atoms with van der Waals surface area (Å²) < 4.78 is 0. The number of hydrogen-bond donors (Lipinski definition) is 0. The molecule has 0 fully saturated rings. The predicted molar refractivity (Wildman–Crippen MR) is 115 cm³/mol. The molecule has 0 bridgehead atoms. The molecule has 3 aliphatic carbocycles. The molecule has 0 nitrogen and oxygen atoms in total. The van der Waals surface area contributed by atoms with Crippen LogP contribution >= 0.6 is 0 Å². The molecule has 0 amide bonds. The van der Waals surface area contributed by atoms with E-state index in [0.29, 0.717) is 16.7 Å². The van der Waals surface area contributed by atoms with Gasteiger partial charge < -0.3 is 0 Å². The molecule has 0 radical (unpaired) electrons. The van der Waals surface area contributed by atoms with E-state index in [1.807, 2.05) is 0 Å². The van der Waals surface area contributed by atoms with Gasteiger partial charge in [0.25, 0.3) is 0 Å². The van der Waals surface area contributed by atoms with Gasteiger partial charge in [0.2, 0.25) is 0 Å². The lowest BCUT2D eigenvalue weighted by Gasteiger charge is -2.30. The summed E-state index contributed by atoms with van der Waals surface area (Å²) in [6.45, 7) is 13.9. The molecular formula is C26H36. The first kappa shape index (κ1) is 19.2. The van der Waals surface area contributed by atoms with Gasteiger partial charge in [-0.2, -0.15) is 0 Å². The summed E-state index contributed by atoms with van der Waals surface area (Å²) in [5.41, 5.74) is 7.04. The van der Waals surface area contributed by atoms with Gasteiger partial charge in [-0.15, -0.1) is 0 Å². The number of allylic oxidation sites excluding steroid dienone is 5. The van der Waals surface area contributed by atoms with Gasteiger partial charge in [0.1, 0.15) is 0 Å². The Bertz CT molecular complexity index is 728. The van der Waals surface area contributed by atoms with E-state index in [2.05, 4.69) is 90.1 Å². The normalized spacial score (nSPS) is 24.2. The second-order valence-electron chi connectivity index (χ2n) is 10.3. The minimum Gasteiger partial charge on any atom is -0.0765 e. The van der Waals surface area contributed by atoms with Gasteiger partial charge >= 0.3 is 0 Å². The molecule has 3 aliphatic rings. The maximum Gasteiger partial charge on any atom is 0.00758 e. The van der Waals surface area contributed by atoms with Crippen LogP contribution in [0.2, 0.25) is 0 Å². The molecule has 0 aromatic heterocycles. The highest BCUT2D eigenvalue weighted by Crippen LogP contribution is 2.44. The molecule has 140 valence electrons. The van der Waals surface area contributed by atoms with E-state index in [1.54, 1.807) is 11.1 Å². The Balaban J connectivity index is 0.000000151. The van der Waals surface area contributed by atoms with Crippen LogP contribution in [0.3, 0.4) is 0 Å². The molecule has 0 heteroatoms. The van der Waals surface area contributed by atoms with Gasteiger partial charge in [0, 0.05) is 11.8 Å². The lowest BCUT2D eigenvalue weighted by atomic mass is 9.74. The van der Waals surface area contributed by atoms with Crippen LogP contribution in [0.15, 0.2) is 53.6 Å². The van der Waals surface area contributed by atoms with E-state index in [1.165, 1.54) is 36.8 Å². The summed E-state index contributed by atoms with van der Waals surface area (Å²) in [7, 11) is 0. The van der Waals surface area contributed by atoms with Gasteiger partial charge in [-0.05, 0) is 53.2 Å². The summed E-state index contributed by atoms with van der Waals surface area (Å²) in [5, 5.41) is 0.